The number of hydrogen-bond donors (Lipinski definition) is 1. The molecule has 2 heterocycles. The zero-order valence-electron chi connectivity index (χ0n) is 11.1. The maximum absolute atomic E-state index is 12.2. The molecule has 2 aromatic rings. The van der Waals surface area contributed by atoms with Gasteiger partial charge in [0.05, 0.1) is 5.52 Å². The zero-order chi connectivity index (χ0) is 13.2. The molecule has 1 atom stereocenters. The van der Waals surface area contributed by atoms with Gasteiger partial charge < -0.3 is 5.32 Å². The fourth-order valence-electron chi connectivity index (χ4n) is 2.48. The van der Waals surface area contributed by atoms with Gasteiger partial charge in [0.25, 0.3) is 0 Å². The summed E-state index contributed by atoms with van der Waals surface area (Å²) in [5.74, 6) is 2.04. The summed E-state index contributed by atoms with van der Waals surface area (Å²) in [6.45, 7) is 4.03. The molecule has 1 aliphatic heterocycles. The molecule has 0 aliphatic carbocycles. The van der Waals surface area contributed by atoms with Crippen LogP contribution < -0.4 is 5.32 Å². The van der Waals surface area contributed by atoms with Crippen LogP contribution in [0.5, 0.6) is 0 Å². The highest BCUT2D eigenvalue weighted by Crippen LogP contribution is 2.20. The molecule has 1 N–H and O–H groups in total. The molecule has 3 rings (SSSR count). The van der Waals surface area contributed by atoms with E-state index in [1.54, 1.807) is 0 Å². The number of benzene rings is 1. The van der Waals surface area contributed by atoms with E-state index in [1.165, 1.54) is 0 Å². The monoisotopic (exact) mass is 274 g/mol. The van der Waals surface area contributed by atoms with Crippen molar-refractivity contribution in [1.29, 1.82) is 0 Å². The average Bonchev–Trinajstić information content (AvgIpc) is 2.34. The molecule has 0 spiro atoms. The minimum Gasteiger partial charge on any atom is -0.316 e. The lowest BCUT2D eigenvalue weighted by molar-refractivity contribution is 0.382. The second-order valence-electron chi connectivity index (χ2n) is 5.22. The second-order valence-corrected chi connectivity index (χ2v) is 6.72. The van der Waals surface area contributed by atoms with E-state index in [9.17, 15) is 4.21 Å². The third kappa shape index (κ3) is 2.85. The summed E-state index contributed by atoms with van der Waals surface area (Å²) in [6, 6.07) is 10.2. The minimum absolute atomic E-state index is 0.593. The molecular weight excluding hydrogens is 256 g/mol. The fraction of sp³-hybridized carbons (Fsp3) is 0.400. The van der Waals surface area contributed by atoms with E-state index in [2.05, 4.69) is 22.4 Å². The number of hydrogen-bond acceptors (Lipinski definition) is 3. The summed E-state index contributed by atoms with van der Waals surface area (Å²) in [7, 11) is -0.782. The predicted octanol–water partition coefficient (Wildman–Crippen LogP) is 2.01. The Morgan fingerprint density at radius 2 is 2.16 bits per heavy atom. The van der Waals surface area contributed by atoms with Crippen LogP contribution in [0, 0.1) is 12.8 Å². The average molecular weight is 274 g/mol. The molecule has 0 bridgehead atoms. The van der Waals surface area contributed by atoms with Gasteiger partial charge in [-0.1, -0.05) is 18.2 Å². The summed E-state index contributed by atoms with van der Waals surface area (Å²) in [5.41, 5.74) is 3.16. The number of fused-ring (bicyclic) bond motifs is 1. The lowest BCUT2D eigenvalue weighted by Gasteiger charge is -2.26. The smallest absolute Gasteiger partial charge is 0.0708 e. The van der Waals surface area contributed by atoms with E-state index in [-0.39, 0.29) is 0 Å². The van der Waals surface area contributed by atoms with Crippen LogP contribution in [0.1, 0.15) is 11.3 Å². The Labute approximate surface area is 115 Å². The number of aryl methyl sites for hydroxylation is 1. The number of para-hydroxylation sites is 1. The Kier molecular flexibility index (Phi) is 3.62. The fourth-order valence-corrected chi connectivity index (χ4v) is 3.94. The van der Waals surface area contributed by atoms with Crippen molar-refractivity contribution in [1.82, 2.24) is 10.3 Å². The van der Waals surface area contributed by atoms with Gasteiger partial charge in [-0.2, -0.15) is 0 Å². The second kappa shape index (κ2) is 5.39. The van der Waals surface area contributed by atoms with Crippen molar-refractivity contribution in [2.75, 3.05) is 18.8 Å². The van der Waals surface area contributed by atoms with Crippen LogP contribution in [0.25, 0.3) is 10.9 Å². The Hall–Kier alpha value is -1.26. The molecule has 100 valence electrons. The van der Waals surface area contributed by atoms with Gasteiger partial charge in [-0.3, -0.25) is 9.19 Å². The van der Waals surface area contributed by atoms with Crippen molar-refractivity contribution < 1.29 is 4.21 Å². The summed E-state index contributed by atoms with van der Waals surface area (Å²) in [6.07, 6.45) is 0. The van der Waals surface area contributed by atoms with E-state index in [1.807, 2.05) is 25.1 Å². The quantitative estimate of drug-likeness (QED) is 0.927. The van der Waals surface area contributed by atoms with Gasteiger partial charge in [-0.15, -0.1) is 0 Å². The van der Waals surface area contributed by atoms with Crippen molar-refractivity contribution in [3.05, 3.63) is 41.6 Å². The van der Waals surface area contributed by atoms with E-state index in [0.29, 0.717) is 11.7 Å². The first-order valence-corrected chi connectivity index (χ1v) is 8.12. The first-order valence-electron chi connectivity index (χ1n) is 6.63. The molecule has 4 heteroatoms. The summed E-state index contributed by atoms with van der Waals surface area (Å²) < 4.78 is 12.2. The van der Waals surface area contributed by atoms with Crippen LogP contribution in [0.4, 0.5) is 0 Å². The standard InChI is InChI=1S/C15H18N2OS/c1-11-6-13(10-19(18)9-12-7-16-8-12)14-4-2-3-5-15(14)17-11/h2-6,12,16H,7-10H2,1H3. The maximum Gasteiger partial charge on any atom is 0.0708 e. The third-order valence-corrected chi connectivity index (χ3v) is 5.01. The van der Waals surface area contributed by atoms with Gasteiger partial charge >= 0.3 is 0 Å². The number of nitrogens with one attached hydrogen (secondary N) is 1. The van der Waals surface area contributed by atoms with E-state index in [4.69, 9.17) is 0 Å². The highest BCUT2D eigenvalue weighted by Gasteiger charge is 2.19. The molecule has 1 aromatic heterocycles. The van der Waals surface area contributed by atoms with Crippen molar-refractivity contribution in [3.63, 3.8) is 0 Å². The van der Waals surface area contributed by atoms with Crippen LogP contribution in [-0.4, -0.2) is 28.0 Å². The Morgan fingerprint density at radius 1 is 1.37 bits per heavy atom. The lowest BCUT2D eigenvalue weighted by atomic mass is 10.1. The van der Waals surface area contributed by atoms with Gasteiger partial charge in [0.1, 0.15) is 0 Å². The Morgan fingerprint density at radius 3 is 2.89 bits per heavy atom. The first kappa shape index (κ1) is 12.8. The Balaban J connectivity index is 1.84. The normalized spacial score (nSPS) is 17.3. The number of nitrogens with zero attached hydrogens (tertiary/aromatic N) is 1. The van der Waals surface area contributed by atoms with E-state index >= 15 is 0 Å². The first-order chi connectivity index (χ1) is 9.22. The maximum atomic E-state index is 12.2. The highest BCUT2D eigenvalue weighted by atomic mass is 32.2. The molecule has 19 heavy (non-hydrogen) atoms. The summed E-state index contributed by atoms with van der Waals surface area (Å²) in [4.78, 5) is 4.52. The van der Waals surface area contributed by atoms with Gasteiger partial charge in [0.2, 0.25) is 0 Å². The highest BCUT2D eigenvalue weighted by molar-refractivity contribution is 7.84. The Bertz CT molecular complexity index is 623. The largest absolute Gasteiger partial charge is 0.316 e. The zero-order valence-corrected chi connectivity index (χ0v) is 11.9. The molecule has 1 fully saturated rings. The molecule has 0 radical (unpaired) electrons. The van der Waals surface area contributed by atoms with Gasteiger partial charge in [0, 0.05) is 46.5 Å². The van der Waals surface area contributed by atoms with Crippen molar-refractivity contribution in [2.45, 2.75) is 12.7 Å². The van der Waals surface area contributed by atoms with E-state index < -0.39 is 10.8 Å². The topological polar surface area (TPSA) is 42.0 Å². The number of rotatable bonds is 4. The molecule has 1 saturated heterocycles. The molecule has 1 unspecified atom stereocenters. The molecule has 0 saturated carbocycles. The molecular formula is C15H18N2OS. The van der Waals surface area contributed by atoms with Crippen molar-refractivity contribution in [3.8, 4) is 0 Å². The van der Waals surface area contributed by atoms with Gasteiger partial charge in [0.15, 0.2) is 0 Å². The van der Waals surface area contributed by atoms with Crippen LogP contribution >= 0.6 is 0 Å². The van der Waals surface area contributed by atoms with Crippen LogP contribution in [0.3, 0.4) is 0 Å². The SMILES string of the molecule is Cc1cc(CS(=O)CC2CNC2)c2ccccc2n1. The van der Waals surface area contributed by atoms with Gasteiger partial charge in [-0.25, -0.2) is 0 Å². The van der Waals surface area contributed by atoms with Crippen LogP contribution in [0.2, 0.25) is 0 Å². The summed E-state index contributed by atoms with van der Waals surface area (Å²) >= 11 is 0. The van der Waals surface area contributed by atoms with E-state index in [0.717, 1.165) is 41.0 Å². The van der Waals surface area contributed by atoms with Crippen LogP contribution in [0.15, 0.2) is 30.3 Å². The minimum atomic E-state index is -0.782. The number of aromatic nitrogens is 1. The van der Waals surface area contributed by atoms with Crippen LogP contribution in [-0.2, 0) is 16.6 Å². The lowest BCUT2D eigenvalue weighted by Crippen LogP contribution is -2.44. The third-order valence-electron chi connectivity index (χ3n) is 3.53. The molecule has 1 aliphatic rings. The molecule has 0 amide bonds. The summed E-state index contributed by atoms with van der Waals surface area (Å²) in [5, 5.41) is 4.36. The number of pyridine rings is 1. The predicted molar refractivity (Wildman–Crippen MR) is 79.6 cm³/mol. The van der Waals surface area contributed by atoms with Gasteiger partial charge in [-0.05, 0) is 30.5 Å². The van der Waals surface area contributed by atoms with Crippen molar-refractivity contribution in [2.24, 2.45) is 5.92 Å². The van der Waals surface area contributed by atoms with Crippen molar-refractivity contribution >= 4 is 21.7 Å². The molecule has 1 aromatic carbocycles. The molecule has 3 nitrogen and oxygen atoms in total.